The van der Waals surface area contributed by atoms with Crippen molar-refractivity contribution in [3.63, 3.8) is 0 Å². The molecule has 0 saturated carbocycles. The number of fused-ring (bicyclic) bond motifs is 1. The molecule has 0 N–H and O–H groups in total. The highest BCUT2D eigenvalue weighted by molar-refractivity contribution is 5.82. The van der Waals surface area contributed by atoms with E-state index in [4.69, 9.17) is 9.15 Å². The molecule has 0 fully saturated rings. The topological polar surface area (TPSA) is 39.4 Å². The molecule has 1 aromatic heterocycles. The van der Waals surface area contributed by atoms with Crippen molar-refractivity contribution in [3.05, 3.63) is 40.8 Å². The summed E-state index contributed by atoms with van der Waals surface area (Å²) >= 11 is 0. The van der Waals surface area contributed by atoms with Crippen LogP contribution in [0.1, 0.15) is 6.92 Å². The van der Waals surface area contributed by atoms with Gasteiger partial charge in [-0.25, -0.2) is 4.79 Å². The fraction of sp³-hybridized carbons (Fsp3) is 0.182. The fourth-order valence-electron chi connectivity index (χ4n) is 1.36. The van der Waals surface area contributed by atoms with Gasteiger partial charge in [-0.3, -0.25) is 0 Å². The van der Waals surface area contributed by atoms with Crippen molar-refractivity contribution in [2.45, 2.75) is 6.92 Å². The quantitative estimate of drug-likeness (QED) is 0.681. The van der Waals surface area contributed by atoms with Crippen LogP contribution in [0.2, 0.25) is 0 Å². The molecule has 0 saturated heterocycles. The Labute approximate surface area is 80.9 Å². The van der Waals surface area contributed by atoms with Crippen molar-refractivity contribution >= 4 is 11.0 Å². The molecule has 1 aromatic carbocycles. The first kappa shape index (κ1) is 8.81. The number of rotatable bonds is 2. The lowest BCUT2D eigenvalue weighted by Crippen LogP contribution is -2.00. The van der Waals surface area contributed by atoms with E-state index >= 15 is 0 Å². The minimum Gasteiger partial charge on any atom is -0.493 e. The minimum absolute atomic E-state index is 0.382. The van der Waals surface area contributed by atoms with Crippen LogP contribution in [-0.2, 0) is 0 Å². The Hall–Kier alpha value is -1.77. The summed E-state index contributed by atoms with van der Waals surface area (Å²) in [7, 11) is 0. The van der Waals surface area contributed by atoms with E-state index in [9.17, 15) is 4.79 Å². The smallest absolute Gasteiger partial charge is 0.339 e. The summed E-state index contributed by atoms with van der Waals surface area (Å²) in [6.07, 6.45) is 0. The number of hydrogen-bond acceptors (Lipinski definition) is 3. The van der Waals surface area contributed by atoms with Gasteiger partial charge in [-0.1, -0.05) is 12.1 Å². The van der Waals surface area contributed by atoms with Crippen molar-refractivity contribution in [2.24, 2.45) is 0 Å². The summed E-state index contributed by atoms with van der Waals surface area (Å²) in [5.74, 6) is 0.583. The van der Waals surface area contributed by atoms with Crippen LogP contribution in [0.5, 0.6) is 5.75 Å². The van der Waals surface area contributed by atoms with Gasteiger partial charge in [0.1, 0.15) is 11.3 Å². The normalized spacial score (nSPS) is 10.4. The van der Waals surface area contributed by atoms with Crippen LogP contribution in [0.4, 0.5) is 0 Å². The summed E-state index contributed by atoms with van der Waals surface area (Å²) in [6, 6.07) is 8.68. The average Bonchev–Trinajstić information content (AvgIpc) is 2.18. The summed E-state index contributed by atoms with van der Waals surface area (Å²) in [5.41, 5.74) is 0.176. The van der Waals surface area contributed by atoms with Crippen LogP contribution >= 0.6 is 0 Å². The SMILES string of the molecule is CCOc1cc(=O)oc2ccccc12. The molecule has 0 aliphatic carbocycles. The van der Waals surface area contributed by atoms with E-state index in [1.54, 1.807) is 6.07 Å². The zero-order chi connectivity index (χ0) is 9.97. The molecule has 0 unspecified atom stereocenters. The highest BCUT2D eigenvalue weighted by Crippen LogP contribution is 2.22. The predicted molar refractivity (Wildman–Crippen MR) is 53.7 cm³/mol. The molecule has 0 atom stereocenters. The lowest BCUT2D eigenvalue weighted by molar-refractivity contribution is 0.341. The molecular weight excluding hydrogens is 180 g/mol. The molecule has 3 heteroatoms. The Morgan fingerprint density at radius 1 is 1.36 bits per heavy atom. The zero-order valence-electron chi connectivity index (χ0n) is 7.82. The summed E-state index contributed by atoms with van der Waals surface area (Å²) < 4.78 is 10.4. The molecule has 1 heterocycles. The maximum absolute atomic E-state index is 11.1. The summed E-state index contributed by atoms with van der Waals surface area (Å²) in [5, 5.41) is 0.828. The molecule has 0 aliphatic rings. The van der Waals surface area contributed by atoms with E-state index in [-0.39, 0.29) is 5.63 Å². The van der Waals surface area contributed by atoms with Crippen molar-refractivity contribution in [1.29, 1.82) is 0 Å². The Balaban J connectivity index is 2.73. The highest BCUT2D eigenvalue weighted by Gasteiger charge is 2.04. The van der Waals surface area contributed by atoms with Gasteiger partial charge in [0.15, 0.2) is 0 Å². The van der Waals surface area contributed by atoms with Crippen LogP contribution in [0.25, 0.3) is 11.0 Å². The van der Waals surface area contributed by atoms with Crippen molar-refractivity contribution in [3.8, 4) is 5.75 Å². The van der Waals surface area contributed by atoms with E-state index in [1.165, 1.54) is 6.07 Å². The van der Waals surface area contributed by atoms with Gasteiger partial charge >= 0.3 is 5.63 Å². The van der Waals surface area contributed by atoms with Crippen molar-refractivity contribution < 1.29 is 9.15 Å². The van der Waals surface area contributed by atoms with Crippen LogP contribution in [0.15, 0.2) is 39.5 Å². The Bertz CT molecular complexity index is 499. The van der Waals surface area contributed by atoms with Gasteiger partial charge in [-0.2, -0.15) is 0 Å². The molecule has 0 amide bonds. The number of para-hydroxylation sites is 1. The number of ether oxygens (including phenoxy) is 1. The second-order valence-electron chi connectivity index (χ2n) is 2.86. The van der Waals surface area contributed by atoms with Gasteiger partial charge in [0, 0.05) is 0 Å². The molecular formula is C11H10O3. The summed E-state index contributed by atoms with van der Waals surface area (Å²) in [6.45, 7) is 2.41. The maximum atomic E-state index is 11.1. The van der Waals surface area contributed by atoms with Crippen LogP contribution in [0.3, 0.4) is 0 Å². The van der Waals surface area contributed by atoms with Gasteiger partial charge in [-0.05, 0) is 19.1 Å². The molecule has 2 rings (SSSR count). The van der Waals surface area contributed by atoms with Gasteiger partial charge in [0.05, 0.1) is 18.1 Å². The third kappa shape index (κ3) is 1.48. The van der Waals surface area contributed by atoms with Crippen LogP contribution in [-0.4, -0.2) is 6.61 Å². The Morgan fingerprint density at radius 3 is 2.93 bits per heavy atom. The summed E-state index contributed by atoms with van der Waals surface area (Å²) in [4.78, 5) is 11.1. The molecule has 0 aliphatic heterocycles. The third-order valence-corrected chi connectivity index (χ3v) is 1.91. The fourth-order valence-corrected chi connectivity index (χ4v) is 1.36. The lowest BCUT2D eigenvalue weighted by Gasteiger charge is -2.04. The van der Waals surface area contributed by atoms with Crippen molar-refractivity contribution in [2.75, 3.05) is 6.61 Å². The standard InChI is InChI=1S/C11H10O3/c1-2-13-10-7-11(12)14-9-6-4-3-5-8(9)10/h3-7H,2H2,1H3. The van der Waals surface area contributed by atoms with Crippen molar-refractivity contribution in [1.82, 2.24) is 0 Å². The van der Waals surface area contributed by atoms with E-state index in [0.717, 1.165) is 5.39 Å². The maximum Gasteiger partial charge on any atom is 0.339 e. The largest absolute Gasteiger partial charge is 0.493 e. The molecule has 72 valence electrons. The first-order chi connectivity index (χ1) is 6.81. The Kier molecular flexibility index (Phi) is 2.23. The van der Waals surface area contributed by atoms with E-state index < -0.39 is 0 Å². The van der Waals surface area contributed by atoms with Crippen LogP contribution in [0, 0.1) is 0 Å². The van der Waals surface area contributed by atoms with Gasteiger partial charge < -0.3 is 9.15 Å². The lowest BCUT2D eigenvalue weighted by atomic mass is 10.2. The second-order valence-corrected chi connectivity index (χ2v) is 2.86. The van der Waals surface area contributed by atoms with Crippen LogP contribution < -0.4 is 10.4 Å². The Morgan fingerprint density at radius 2 is 2.14 bits per heavy atom. The molecule has 0 bridgehead atoms. The highest BCUT2D eigenvalue weighted by atomic mass is 16.5. The second kappa shape index (κ2) is 3.54. The van der Waals surface area contributed by atoms with E-state index in [2.05, 4.69) is 0 Å². The van der Waals surface area contributed by atoms with Gasteiger partial charge in [0.2, 0.25) is 0 Å². The molecule has 14 heavy (non-hydrogen) atoms. The zero-order valence-corrected chi connectivity index (χ0v) is 7.82. The molecule has 3 nitrogen and oxygen atoms in total. The number of benzene rings is 1. The average molecular weight is 190 g/mol. The third-order valence-electron chi connectivity index (χ3n) is 1.91. The number of hydrogen-bond donors (Lipinski definition) is 0. The predicted octanol–water partition coefficient (Wildman–Crippen LogP) is 2.19. The van der Waals surface area contributed by atoms with Gasteiger partial charge in [-0.15, -0.1) is 0 Å². The molecule has 0 spiro atoms. The molecule has 2 aromatic rings. The molecule has 0 radical (unpaired) electrons. The first-order valence-corrected chi connectivity index (χ1v) is 4.47. The van der Waals surface area contributed by atoms with Gasteiger partial charge in [0.25, 0.3) is 0 Å². The first-order valence-electron chi connectivity index (χ1n) is 4.47. The monoisotopic (exact) mass is 190 g/mol. The van der Waals surface area contributed by atoms with E-state index in [0.29, 0.717) is 17.9 Å². The minimum atomic E-state index is -0.382. The van der Waals surface area contributed by atoms with E-state index in [1.807, 2.05) is 25.1 Å².